The third kappa shape index (κ3) is 2.63. The average molecular weight is 284 g/mol. The molecule has 0 atom stereocenters. The van der Waals surface area contributed by atoms with Crippen molar-refractivity contribution in [3.63, 3.8) is 0 Å². The van der Waals surface area contributed by atoms with Gasteiger partial charge in [-0.05, 0) is 12.5 Å². The number of fused-ring (bicyclic) bond motifs is 1. The van der Waals surface area contributed by atoms with Crippen LogP contribution in [0.4, 0.5) is 11.4 Å². The average Bonchev–Trinajstić information content (AvgIpc) is 2.73. The molecule has 2 heterocycles. The molecule has 110 valence electrons. The van der Waals surface area contributed by atoms with Gasteiger partial charge < -0.3 is 15.5 Å². The highest BCUT2D eigenvalue weighted by atomic mass is 16.2. The molecule has 0 aliphatic carbocycles. The van der Waals surface area contributed by atoms with Crippen LogP contribution in [0, 0.1) is 0 Å². The molecule has 0 radical (unpaired) electrons. The van der Waals surface area contributed by atoms with E-state index in [1.165, 1.54) is 0 Å². The van der Waals surface area contributed by atoms with Gasteiger partial charge in [-0.2, -0.15) is 0 Å². The minimum absolute atomic E-state index is 0.143. The van der Waals surface area contributed by atoms with Crippen LogP contribution in [0.5, 0.6) is 0 Å². The smallest absolute Gasteiger partial charge is 0.219 e. The number of amides is 1. The van der Waals surface area contributed by atoms with Crippen LogP contribution in [-0.2, 0) is 4.79 Å². The Morgan fingerprint density at radius 3 is 2.81 bits per heavy atom. The van der Waals surface area contributed by atoms with E-state index in [4.69, 9.17) is 5.73 Å². The van der Waals surface area contributed by atoms with Crippen molar-refractivity contribution in [2.24, 2.45) is 0 Å². The molecule has 1 fully saturated rings. The van der Waals surface area contributed by atoms with Gasteiger partial charge in [0.15, 0.2) is 0 Å². The minimum Gasteiger partial charge on any atom is -0.396 e. The molecule has 1 aromatic carbocycles. The van der Waals surface area contributed by atoms with Crippen LogP contribution in [0.3, 0.4) is 0 Å². The number of nitrogens with zero attached hydrogens (tertiary/aromatic N) is 3. The predicted octanol–water partition coefficient (Wildman–Crippen LogP) is 1.88. The van der Waals surface area contributed by atoms with Crippen LogP contribution in [0.15, 0.2) is 30.5 Å². The second-order valence-electron chi connectivity index (χ2n) is 5.43. The van der Waals surface area contributed by atoms with E-state index in [9.17, 15) is 4.79 Å². The summed E-state index contributed by atoms with van der Waals surface area (Å²) in [7, 11) is 0. The van der Waals surface area contributed by atoms with Gasteiger partial charge in [0.25, 0.3) is 0 Å². The van der Waals surface area contributed by atoms with Gasteiger partial charge in [-0.25, -0.2) is 0 Å². The van der Waals surface area contributed by atoms with Gasteiger partial charge in [0.05, 0.1) is 23.1 Å². The molecule has 0 saturated carbocycles. The van der Waals surface area contributed by atoms with E-state index in [1.54, 1.807) is 13.1 Å². The van der Waals surface area contributed by atoms with E-state index >= 15 is 0 Å². The largest absolute Gasteiger partial charge is 0.396 e. The van der Waals surface area contributed by atoms with E-state index < -0.39 is 0 Å². The monoisotopic (exact) mass is 284 g/mol. The lowest BCUT2D eigenvalue weighted by molar-refractivity contribution is -0.128. The molecule has 1 amide bonds. The number of hydrogen-bond acceptors (Lipinski definition) is 4. The van der Waals surface area contributed by atoms with Gasteiger partial charge in [-0.15, -0.1) is 0 Å². The molecule has 0 unspecified atom stereocenters. The molecule has 1 aliphatic rings. The van der Waals surface area contributed by atoms with Crippen molar-refractivity contribution in [3.8, 4) is 0 Å². The van der Waals surface area contributed by atoms with E-state index in [-0.39, 0.29) is 5.91 Å². The van der Waals surface area contributed by atoms with Gasteiger partial charge in [-0.3, -0.25) is 9.78 Å². The van der Waals surface area contributed by atoms with Crippen LogP contribution < -0.4 is 10.6 Å². The predicted molar refractivity (Wildman–Crippen MR) is 85.2 cm³/mol. The zero-order chi connectivity index (χ0) is 14.8. The molecule has 0 spiro atoms. The zero-order valence-electron chi connectivity index (χ0n) is 12.2. The topological polar surface area (TPSA) is 62.5 Å². The number of hydrogen-bond donors (Lipinski definition) is 1. The Balaban J connectivity index is 1.96. The summed E-state index contributed by atoms with van der Waals surface area (Å²) < 4.78 is 0. The molecule has 2 N–H and O–H groups in total. The summed E-state index contributed by atoms with van der Waals surface area (Å²) in [5.41, 5.74) is 8.88. The Bertz CT molecular complexity index is 670. The van der Waals surface area contributed by atoms with E-state index in [0.717, 1.165) is 49.2 Å². The van der Waals surface area contributed by atoms with Crippen LogP contribution in [-0.4, -0.2) is 42.0 Å². The lowest BCUT2D eigenvalue weighted by atomic mass is 10.1. The number of nitrogen functional groups attached to an aromatic ring is 1. The molecule has 21 heavy (non-hydrogen) atoms. The Kier molecular flexibility index (Phi) is 3.64. The summed E-state index contributed by atoms with van der Waals surface area (Å²) in [6.45, 7) is 4.89. The van der Waals surface area contributed by atoms with Gasteiger partial charge >= 0.3 is 0 Å². The highest BCUT2D eigenvalue weighted by molar-refractivity contribution is 5.97. The number of carbonyl (C=O) groups is 1. The van der Waals surface area contributed by atoms with Crippen molar-refractivity contribution in [1.29, 1.82) is 0 Å². The maximum atomic E-state index is 11.5. The lowest BCUT2D eigenvalue weighted by Crippen LogP contribution is -2.33. The Morgan fingerprint density at radius 1 is 1.19 bits per heavy atom. The number of benzene rings is 1. The van der Waals surface area contributed by atoms with E-state index in [1.807, 2.05) is 23.1 Å². The van der Waals surface area contributed by atoms with Crippen LogP contribution >= 0.6 is 0 Å². The maximum Gasteiger partial charge on any atom is 0.219 e. The van der Waals surface area contributed by atoms with Crippen molar-refractivity contribution in [3.05, 3.63) is 30.5 Å². The van der Waals surface area contributed by atoms with Crippen LogP contribution in [0.1, 0.15) is 13.3 Å². The van der Waals surface area contributed by atoms with Crippen molar-refractivity contribution in [2.45, 2.75) is 13.3 Å². The summed E-state index contributed by atoms with van der Waals surface area (Å²) in [6.07, 6.45) is 2.68. The first-order chi connectivity index (χ1) is 10.2. The highest BCUT2D eigenvalue weighted by Gasteiger charge is 2.20. The van der Waals surface area contributed by atoms with Gasteiger partial charge in [0.1, 0.15) is 0 Å². The van der Waals surface area contributed by atoms with Crippen molar-refractivity contribution >= 4 is 28.2 Å². The molecule has 1 aliphatic heterocycles. The summed E-state index contributed by atoms with van der Waals surface area (Å²) in [5.74, 6) is 0.143. The highest BCUT2D eigenvalue weighted by Crippen LogP contribution is 2.31. The summed E-state index contributed by atoms with van der Waals surface area (Å²) in [6, 6.07) is 8.04. The first kappa shape index (κ1) is 13.7. The number of aromatic nitrogens is 1. The zero-order valence-corrected chi connectivity index (χ0v) is 12.2. The number of pyridine rings is 1. The minimum atomic E-state index is 0.143. The van der Waals surface area contributed by atoms with Gasteiger partial charge in [0, 0.05) is 38.5 Å². The third-order valence-corrected chi connectivity index (χ3v) is 4.03. The van der Waals surface area contributed by atoms with Crippen molar-refractivity contribution in [2.75, 3.05) is 36.8 Å². The SMILES string of the molecule is CC(=O)N1CCCN(c2c(N)cnc3ccccc23)CC1. The van der Waals surface area contributed by atoms with Gasteiger partial charge in [-0.1, -0.05) is 18.2 Å². The van der Waals surface area contributed by atoms with Crippen LogP contribution in [0.2, 0.25) is 0 Å². The number of carbonyl (C=O) groups excluding carboxylic acids is 1. The third-order valence-electron chi connectivity index (χ3n) is 4.03. The second kappa shape index (κ2) is 5.60. The van der Waals surface area contributed by atoms with Crippen LogP contribution in [0.25, 0.3) is 10.9 Å². The molecular formula is C16H20N4O. The molecule has 0 bridgehead atoms. The molecular weight excluding hydrogens is 264 g/mol. The first-order valence-electron chi connectivity index (χ1n) is 7.30. The lowest BCUT2D eigenvalue weighted by Gasteiger charge is -2.26. The van der Waals surface area contributed by atoms with Gasteiger partial charge in [0.2, 0.25) is 5.91 Å². The molecule has 2 aromatic rings. The maximum absolute atomic E-state index is 11.5. The number of nitrogens with two attached hydrogens (primary N) is 1. The summed E-state index contributed by atoms with van der Waals surface area (Å²) >= 11 is 0. The Hall–Kier alpha value is -2.30. The number of para-hydroxylation sites is 1. The quantitative estimate of drug-likeness (QED) is 0.868. The Morgan fingerprint density at radius 2 is 2.00 bits per heavy atom. The van der Waals surface area contributed by atoms with E-state index in [2.05, 4.69) is 16.0 Å². The fourth-order valence-corrected chi connectivity index (χ4v) is 2.95. The molecule has 1 saturated heterocycles. The normalized spacial score (nSPS) is 16.0. The van der Waals surface area contributed by atoms with Crippen molar-refractivity contribution < 1.29 is 4.79 Å². The Labute approximate surface area is 124 Å². The number of rotatable bonds is 1. The molecule has 3 rings (SSSR count). The van der Waals surface area contributed by atoms with Crippen molar-refractivity contribution in [1.82, 2.24) is 9.88 Å². The van der Waals surface area contributed by atoms with E-state index in [0.29, 0.717) is 5.69 Å². The number of anilines is 2. The summed E-state index contributed by atoms with van der Waals surface area (Å²) in [4.78, 5) is 20.1. The molecule has 1 aromatic heterocycles. The molecule has 5 heteroatoms. The summed E-state index contributed by atoms with van der Waals surface area (Å²) in [5, 5.41) is 1.08. The molecule has 5 nitrogen and oxygen atoms in total. The standard InChI is InChI=1S/C16H20N4O/c1-12(21)19-7-4-8-20(10-9-19)16-13-5-2-3-6-15(13)18-11-14(16)17/h2-3,5-6,11H,4,7-10,17H2,1H3. The fourth-order valence-electron chi connectivity index (χ4n) is 2.95. The first-order valence-corrected chi connectivity index (χ1v) is 7.30. The fraction of sp³-hybridized carbons (Fsp3) is 0.375. The second-order valence-corrected chi connectivity index (χ2v) is 5.43.